The summed E-state index contributed by atoms with van der Waals surface area (Å²) in [6.07, 6.45) is 17.5. The molecule has 84 valence electrons. The summed E-state index contributed by atoms with van der Waals surface area (Å²) in [6, 6.07) is 0. The lowest BCUT2D eigenvalue weighted by Crippen LogP contribution is -1.85. The number of ketones is 1. The van der Waals surface area contributed by atoms with Crippen LogP contribution in [0, 0.1) is 0 Å². The van der Waals surface area contributed by atoms with Gasteiger partial charge in [-0.05, 0) is 32.6 Å². The molecule has 0 aromatic heterocycles. The van der Waals surface area contributed by atoms with Crippen molar-refractivity contribution in [2.45, 2.75) is 46.0 Å². The minimum absolute atomic E-state index is 0.264. The van der Waals surface area contributed by atoms with Crippen LogP contribution >= 0.6 is 0 Å². The molecule has 1 heteroatoms. The van der Waals surface area contributed by atoms with Crippen LogP contribution in [0.4, 0.5) is 0 Å². The molecular formula is C14H22O. The Morgan fingerprint density at radius 3 is 2.00 bits per heavy atom. The van der Waals surface area contributed by atoms with Gasteiger partial charge in [-0.15, -0.1) is 0 Å². The first-order chi connectivity index (χ1) is 7.27. The summed E-state index contributed by atoms with van der Waals surface area (Å²) >= 11 is 0. The first kappa shape index (κ1) is 13.9. The van der Waals surface area contributed by atoms with Gasteiger partial charge in [0.05, 0.1) is 0 Å². The zero-order chi connectivity index (χ0) is 11.4. The van der Waals surface area contributed by atoms with Crippen molar-refractivity contribution in [2.75, 3.05) is 0 Å². The lowest BCUT2D eigenvalue weighted by Gasteiger charge is -1.87. The van der Waals surface area contributed by atoms with E-state index in [1.54, 1.807) is 6.92 Å². The minimum atomic E-state index is 0.264. The van der Waals surface area contributed by atoms with Gasteiger partial charge in [0.25, 0.3) is 0 Å². The zero-order valence-corrected chi connectivity index (χ0v) is 9.91. The van der Waals surface area contributed by atoms with E-state index in [9.17, 15) is 4.79 Å². The number of carbonyl (C=O) groups excluding carboxylic acids is 1. The number of Topliss-reactive ketones (excluding diaryl/α,β-unsaturated/α-hetero) is 1. The van der Waals surface area contributed by atoms with Gasteiger partial charge in [0.1, 0.15) is 5.78 Å². The van der Waals surface area contributed by atoms with Crippen molar-refractivity contribution in [3.05, 3.63) is 36.5 Å². The molecule has 0 unspecified atom stereocenters. The fourth-order valence-corrected chi connectivity index (χ4v) is 1.11. The van der Waals surface area contributed by atoms with Gasteiger partial charge in [-0.1, -0.05) is 43.4 Å². The summed E-state index contributed by atoms with van der Waals surface area (Å²) in [6.45, 7) is 3.77. The Bertz CT molecular complexity index is 234. The Hall–Kier alpha value is -1.11. The molecule has 1 nitrogen and oxygen atoms in total. The van der Waals surface area contributed by atoms with E-state index in [-0.39, 0.29) is 5.78 Å². The highest BCUT2D eigenvalue weighted by atomic mass is 16.1. The molecule has 0 bridgehead atoms. The molecular weight excluding hydrogens is 184 g/mol. The Balaban J connectivity index is 3.36. The molecule has 0 aromatic carbocycles. The molecule has 0 rings (SSSR count). The van der Waals surface area contributed by atoms with Crippen LogP contribution in [-0.2, 0) is 4.79 Å². The van der Waals surface area contributed by atoms with Gasteiger partial charge >= 0.3 is 0 Å². The van der Waals surface area contributed by atoms with Crippen molar-refractivity contribution in [3.63, 3.8) is 0 Å². The van der Waals surface area contributed by atoms with E-state index in [4.69, 9.17) is 0 Å². The molecule has 0 spiro atoms. The molecule has 0 aliphatic heterocycles. The van der Waals surface area contributed by atoms with E-state index in [0.29, 0.717) is 6.42 Å². The molecule has 0 N–H and O–H groups in total. The third kappa shape index (κ3) is 12.9. The van der Waals surface area contributed by atoms with Crippen LogP contribution in [-0.4, -0.2) is 5.78 Å². The number of allylic oxidation sites excluding steroid dienone is 6. The fourth-order valence-electron chi connectivity index (χ4n) is 1.11. The van der Waals surface area contributed by atoms with Crippen molar-refractivity contribution in [2.24, 2.45) is 0 Å². The van der Waals surface area contributed by atoms with E-state index in [0.717, 1.165) is 25.7 Å². The average molecular weight is 206 g/mol. The second kappa shape index (κ2) is 11.0. The maximum atomic E-state index is 10.6. The lowest BCUT2D eigenvalue weighted by atomic mass is 10.2. The summed E-state index contributed by atoms with van der Waals surface area (Å²) in [4.78, 5) is 10.6. The highest BCUT2D eigenvalue weighted by Gasteiger charge is 1.87. The Labute approximate surface area is 93.6 Å². The highest BCUT2D eigenvalue weighted by molar-refractivity contribution is 5.75. The predicted molar refractivity (Wildman–Crippen MR) is 66.9 cm³/mol. The highest BCUT2D eigenvalue weighted by Crippen LogP contribution is 1.96. The van der Waals surface area contributed by atoms with E-state index in [1.165, 1.54) is 0 Å². The first-order valence-corrected chi connectivity index (χ1v) is 5.71. The molecule has 0 fully saturated rings. The van der Waals surface area contributed by atoms with E-state index < -0.39 is 0 Å². The standard InChI is InChI=1S/C14H22O/c1-3-4-5-6-7-8-9-10-11-12-13-14(2)15/h4-5,7-8,10-11H,3,6,9,12-13H2,1-2H3/b5-4?,8-7?,11-10-. The fraction of sp³-hybridized carbons (Fsp3) is 0.500. The first-order valence-electron chi connectivity index (χ1n) is 5.71. The number of carbonyl (C=O) groups is 1. The van der Waals surface area contributed by atoms with Gasteiger partial charge < -0.3 is 4.79 Å². The van der Waals surface area contributed by atoms with Gasteiger partial charge in [0.2, 0.25) is 0 Å². The topological polar surface area (TPSA) is 17.1 Å². The van der Waals surface area contributed by atoms with Gasteiger partial charge in [0, 0.05) is 6.42 Å². The van der Waals surface area contributed by atoms with Crippen LogP contribution in [0.3, 0.4) is 0 Å². The summed E-state index contributed by atoms with van der Waals surface area (Å²) in [5.41, 5.74) is 0. The minimum Gasteiger partial charge on any atom is -0.300 e. The molecule has 0 aliphatic carbocycles. The second-order valence-electron chi connectivity index (χ2n) is 3.53. The molecule has 0 aromatic rings. The molecule has 0 atom stereocenters. The van der Waals surface area contributed by atoms with E-state index >= 15 is 0 Å². The summed E-state index contributed by atoms with van der Waals surface area (Å²) < 4.78 is 0. The molecule has 0 saturated carbocycles. The number of hydrogen-bond donors (Lipinski definition) is 0. The molecule has 0 radical (unpaired) electrons. The van der Waals surface area contributed by atoms with Crippen LogP contribution in [0.15, 0.2) is 36.5 Å². The predicted octanol–water partition coefficient (Wildman–Crippen LogP) is 4.21. The molecule has 0 aliphatic rings. The largest absolute Gasteiger partial charge is 0.300 e. The quantitative estimate of drug-likeness (QED) is 0.543. The van der Waals surface area contributed by atoms with Crippen molar-refractivity contribution < 1.29 is 4.79 Å². The molecule has 0 amide bonds. The summed E-state index contributed by atoms with van der Waals surface area (Å²) in [7, 11) is 0. The van der Waals surface area contributed by atoms with Crippen LogP contribution in [0.2, 0.25) is 0 Å². The van der Waals surface area contributed by atoms with Crippen molar-refractivity contribution in [1.82, 2.24) is 0 Å². The average Bonchev–Trinajstić information content (AvgIpc) is 2.20. The third-order valence-electron chi connectivity index (χ3n) is 1.94. The summed E-state index contributed by atoms with van der Waals surface area (Å²) in [5, 5.41) is 0. The lowest BCUT2D eigenvalue weighted by molar-refractivity contribution is -0.116. The monoisotopic (exact) mass is 206 g/mol. The van der Waals surface area contributed by atoms with Crippen LogP contribution in [0.5, 0.6) is 0 Å². The third-order valence-corrected chi connectivity index (χ3v) is 1.94. The van der Waals surface area contributed by atoms with Crippen molar-refractivity contribution in [1.29, 1.82) is 0 Å². The molecule has 0 saturated heterocycles. The summed E-state index contributed by atoms with van der Waals surface area (Å²) in [5.74, 6) is 0.264. The van der Waals surface area contributed by atoms with Crippen molar-refractivity contribution in [3.8, 4) is 0 Å². The molecule has 0 heterocycles. The molecule has 15 heavy (non-hydrogen) atoms. The number of rotatable bonds is 8. The van der Waals surface area contributed by atoms with Gasteiger partial charge in [-0.2, -0.15) is 0 Å². The zero-order valence-electron chi connectivity index (χ0n) is 9.91. The van der Waals surface area contributed by atoms with E-state index in [2.05, 4.69) is 43.4 Å². The van der Waals surface area contributed by atoms with Crippen LogP contribution in [0.1, 0.15) is 46.0 Å². The Kier molecular flexibility index (Phi) is 10.2. The normalized spacial score (nSPS) is 12.1. The second-order valence-corrected chi connectivity index (χ2v) is 3.53. The van der Waals surface area contributed by atoms with Gasteiger partial charge in [-0.25, -0.2) is 0 Å². The van der Waals surface area contributed by atoms with E-state index in [1.807, 2.05) is 0 Å². The van der Waals surface area contributed by atoms with Crippen molar-refractivity contribution >= 4 is 5.78 Å². The Morgan fingerprint density at radius 1 is 0.933 bits per heavy atom. The van der Waals surface area contributed by atoms with Gasteiger partial charge in [-0.3, -0.25) is 0 Å². The van der Waals surface area contributed by atoms with Gasteiger partial charge in [0.15, 0.2) is 0 Å². The van der Waals surface area contributed by atoms with Crippen LogP contribution < -0.4 is 0 Å². The van der Waals surface area contributed by atoms with Crippen LogP contribution in [0.25, 0.3) is 0 Å². The SMILES string of the molecule is CCC=CCC=CC/C=C\CCC(C)=O. The Morgan fingerprint density at radius 2 is 1.47 bits per heavy atom. The smallest absolute Gasteiger partial charge is 0.130 e. The maximum Gasteiger partial charge on any atom is 0.130 e. The number of hydrogen-bond acceptors (Lipinski definition) is 1. The maximum absolute atomic E-state index is 10.6.